The first-order chi connectivity index (χ1) is 9.72. The Labute approximate surface area is 120 Å². The first-order valence-electron chi connectivity index (χ1n) is 6.27. The van der Waals surface area contributed by atoms with Crippen molar-refractivity contribution in [1.29, 1.82) is 0 Å². The molecule has 1 N–H and O–H groups in total. The fourth-order valence-corrected chi connectivity index (χ4v) is 2.87. The lowest BCUT2D eigenvalue weighted by Gasteiger charge is -2.07. The summed E-state index contributed by atoms with van der Waals surface area (Å²) in [4.78, 5) is 0.792. The van der Waals surface area contributed by atoms with Gasteiger partial charge in [-0.05, 0) is 30.3 Å². The van der Waals surface area contributed by atoms with E-state index in [1.165, 1.54) is 23.9 Å². The number of benzene rings is 2. The van der Waals surface area contributed by atoms with Crippen LogP contribution in [0.4, 0.5) is 4.39 Å². The number of halogens is 1. The minimum absolute atomic E-state index is 0.270. The Balaban J connectivity index is 1.71. The third kappa shape index (κ3) is 2.86. The molecular weight excluding hydrogens is 275 g/mol. The third-order valence-corrected chi connectivity index (χ3v) is 4.05. The van der Waals surface area contributed by atoms with Crippen LogP contribution in [0.15, 0.2) is 63.9 Å². The van der Waals surface area contributed by atoms with Crippen LogP contribution in [0.25, 0.3) is 11.0 Å². The van der Waals surface area contributed by atoms with Crippen molar-refractivity contribution < 1.29 is 13.9 Å². The fourth-order valence-electron chi connectivity index (χ4n) is 1.98. The summed E-state index contributed by atoms with van der Waals surface area (Å²) in [6, 6.07) is 15.8. The molecule has 0 aliphatic carbocycles. The quantitative estimate of drug-likeness (QED) is 0.722. The Morgan fingerprint density at radius 2 is 1.95 bits per heavy atom. The number of para-hydroxylation sites is 1. The zero-order valence-corrected chi connectivity index (χ0v) is 11.4. The van der Waals surface area contributed by atoms with Crippen LogP contribution in [0.1, 0.15) is 11.9 Å². The van der Waals surface area contributed by atoms with E-state index in [-0.39, 0.29) is 5.82 Å². The molecule has 0 radical (unpaired) electrons. The molecule has 20 heavy (non-hydrogen) atoms. The van der Waals surface area contributed by atoms with E-state index in [1.54, 1.807) is 6.07 Å². The molecule has 0 aliphatic rings. The van der Waals surface area contributed by atoms with Crippen molar-refractivity contribution in [3.8, 4) is 0 Å². The van der Waals surface area contributed by atoms with Crippen LogP contribution in [-0.2, 0) is 0 Å². The molecule has 3 aromatic rings. The highest BCUT2D eigenvalue weighted by Gasteiger charge is 2.13. The number of rotatable bonds is 4. The summed E-state index contributed by atoms with van der Waals surface area (Å²) < 4.78 is 18.7. The van der Waals surface area contributed by atoms with Crippen LogP contribution >= 0.6 is 11.8 Å². The van der Waals surface area contributed by atoms with Gasteiger partial charge in [0.25, 0.3) is 0 Å². The van der Waals surface area contributed by atoms with Crippen molar-refractivity contribution in [2.24, 2.45) is 0 Å². The average molecular weight is 288 g/mol. The predicted molar refractivity (Wildman–Crippen MR) is 78.3 cm³/mol. The number of hydrogen-bond donors (Lipinski definition) is 1. The monoisotopic (exact) mass is 288 g/mol. The molecule has 1 aromatic heterocycles. The SMILES string of the molecule is OC(CSc1cccc(F)c1)c1cc2ccccc2o1. The van der Waals surface area contributed by atoms with Gasteiger partial charge in [-0.1, -0.05) is 24.3 Å². The molecule has 0 amide bonds. The smallest absolute Gasteiger partial charge is 0.134 e. The number of hydrogen-bond acceptors (Lipinski definition) is 3. The van der Waals surface area contributed by atoms with Crippen molar-refractivity contribution in [2.75, 3.05) is 5.75 Å². The number of aliphatic hydroxyl groups is 1. The number of fused-ring (bicyclic) bond motifs is 1. The molecule has 3 rings (SSSR count). The van der Waals surface area contributed by atoms with E-state index in [1.807, 2.05) is 36.4 Å². The number of thioether (sulfide) groups is 1. The first-order valence-corrected chi connectivity index (χ1v) is 7.26. The lowest BCUT2D eigenvalue weighted by Crippen LogP contribution is -1.98. The molecular formula is C16H13FO2S. The van der Waals surface area contributed by atoms with Crippen molar-refractivity contribution in [1.82, 2.24) is 0 Å². The van der Waals surface area contributed by atoms with Crippen LogP contribution in [0.5, 0.6) is 0 Å². The molecule has 0 saturated heterocycles. The van der Waals surface area contributed by atoms with E-state index in [9.17, 15) is 9.50 Å². The van der Waals surface area contributed by atoms with Gasteiger partial charge in [0.2, 0.25) is 0 Å². The summed E-state index contributed by atoms with van der Waals surface area (Å²) >= 11 is 1.40. The van der Waals surface area contributed by atoms with Gasteiger partial charge in [-0.2, -0.15) is 0 Å². The maximum atomic E-state index is 13.1. The summed E-state index contributed by atoms with van der Waals surface area (Å²) in [5, 5.41) is 11.1. The second-order valence-electron chi connectivity index (χ2n) is 4.47. The minimum atomic E-state index is -0.712. The summed E-state index contributed by atoms with van der Waals surface area (Å²) in [6.07, 6.45) is -0.712. The van der Waals surface area contributed by atoms with Crippen molar-refractivity contribution >= 4 is 22.7 Å². The average Bonchev–Trinajstić information content (AvgIpc) is 2.89. The fraction of sp³-hybridized carbons (Fsp3) is 0.125. The molecule has 0 fully saturated rings. The van der Waals surface area contributed by atoms with Gasteiger partial charge in [-0.25, -0.2) is 4.39 Å². The highest BCUT2D eigenvalue weighted by molar-refractivity contribution is 7.99. The summed E-state index contributed by atoms with van der Waals surface area (Å²) in [6.45, 7) is 0. The molecule has 0 bridgehead atoms. The van der Waals surface area contributed by atoms with Crippen molar-refractivity contribution in [3.63, 3.8) is 0 Å². The van der Waals surface area contributed by atoms with E-state index in [0.717, 1.165) is 15.9 Å². The second-order valence-corrected chi connectivity index (χ2v) is 5.56. The number of aliphatic hydroxyl groups excluding tert-OH is 1. The van der Waals surface area contributed by atoms with E-state index in [0.29, 0.717) is 11.5 Å². The van der Waals surface area contributed by atoms with Gasteiger partial charge in [0.05, 0.1) is 0 Å². The maximum Gasteiger partial charge on any atom is 0.134 e. The summed E-state index contributed by atoms with van der Waals surface area (Å²) in [7, 11) is 0. The lowest BCUT2D eigenvalue weighted by molar-refractivity contribution is 0.177. The Kier molecular flexibility index (Phi) is 3.76. The Hall–Kier alpha value is -1.78. The molecule has 0 saturated carbocycles. The Bertz CT molecular complexity index is 690. The van der Waals surface area contributed by atoms with Gasteiger partial charge in [0, 0.05) is 16.0 Å². The highest BCUT2D eigenvalue weighted by atomic mass is 32.2. The van der Waals surface area contributed by atoms with Gasteiger partial charge in [0.1, 0.15) is 23.3 Å². The largest absolute Gasteiger partial charge is 0.458 e. The normalized spacial score (nSPS) is 12.7. The summed E-state index contributed by atoms with van der Waals surface area (Å²) in [5.41, 5.74) is 0.761. The standard InChI is InChI=1S/C16H13FO2S/c17-12-5-3-6-13(9-12)20-10-14(18)16-8-11-4-1-2-7-15(11)19-16/h1-9,14,18H,10H2. The topological polar surface area (TPSA) is 33.4 Å². The second kappa shape index (κ2) is 5.69. The molecule has 102 valence electrons. The first kappa shape index (κ1) is 13.2. The molecule has 1 heterocycles. The molecule has 0 aliphatic heterocycles. The van der Waals surface area contributed by atoms with Gasteiger partial charge in [0.15, 0.2) is 0 Å². The van der Waals surface area contributed by atoms with Crippen molar-refractivity contribution in [2.45, 2.75) is 11.0 Å². The molecule has 1 unspecified atom stereocenters. The molecule has 1 atom stereocenters. The van der Waals surface area contributed by atoms with Gasteiger partial charge in [-0.3, -0.25) is 0 Å². The van der Waals surface area contributed by atoms with Crippen LogP contribution in [-0.4, -0.2) is 10.9 Å². The zero-order valence-electron chi connectivity index (χ0n) is 10.6. The van der Waals surface area contributed by atoms with Gasteiger partial charge in [-0.15, -0.1) is 11.8 Å². The van der Waals surface area contributed by atoms with Crippen LogP contribution in [0.2, 0.25) is 0 Å². The van der Waals surface area contributed by atoms with E-state index in [2.05, 4.69) is 0 Å². The predicted octanol–water partition coefficient (Wildman–Crippen LogP) is 4.40. The molecule has 2 aromatic carbocycles. The molecule has 4 heteroatoms. The lowest BCUT2D eigenvalue weighted by atomic mass is 10.2. The molecule has 0 spiro atoms. The van der Waals surface area contributed by atoms with Crippen LogP contribution in [0, 0.1) is 5.82 Å². The highest BCUT2D eigenvalue weighted by Crippen LogP contribution is 2.28. The Morgan fingerprint density at radius 1 is 1.10 bits per heavy atom. The number of furan rings is 1. The maximum absolute atomic E-state index is 13.1. The van der Waals surface area contributed by atoms with Crippen LogP contribution < -0.4 is 0 Å². The van der Waals surface area contributed by atoms with E-state index < -0.39 is 6.10 Å². The molecule has 2 nitrogen and oxygen atoms in total. The zero-order chi connectivity index (χ0) is 13.9. The van der Waals surface area contributed by atoms with E-state index >= 15 is 0 Å². The third-order valence-electron chi connectivity index (χ3n) is 2.98. The van der Waals surface area contributed by atoms with Crippen molar-refractivity contribution in [3.05, 3.63) is 66.2 Å². The van der Waals surface area contributed by atoms with Gasteiger partial charge >= 0.3 is 0 Å². The van der Waals surface area contributed by atoms with Gasteiger partial charge < -0.3 is 9.52 Å². The van der Waals surface area contributed by atoms with Crippen LogP contribution in [0.3, 0.4) is 0 Å². The Morgan fingerprint density at radius 3 is 2.75 bits per heavy atom. The summed E-state index contributed by atoms with van der Waals surface area (Å²) in [5.74, 6) is 0.687. The van der Waals surface area contributed by atoms with E-state index in [4.69, 9.17) is 4.42 Å². The minimum Gasteiger partial charge on any atom is -0.458 e.